The maximum atomic E-state index is 11.0. The van der Waals surface area contributed by atoms with Crippen molar-refractivity contribution < 1.29 is 9.90 Å². The van der Waals surface area contributed by atoms with E-state index < -0.39 is 12.0 Å². The minimum Gasteiger partial charge on any atom is -0.480 e. The lowest BCUT2D eigenvalue weighted by Gasteiger charge is -2.19. The van der Waals surface area contributed by atoms with E-state index in [9.17, 15) is 4.79 Å². The number of aliphatic carboxylic acids is 1. The Morgan fingerprint density at radius 1 is 1.67 bits per heavy atom. The zero-order chi connectivity index (χ0) is 11.3. The molecule has 0 aromatic carbocycles. The van der Waals surface area contributed by atoms with E-state index in [1.807, 2.05) is 31.4 Å². The maximum Gasteiger partial charge on any atom is 0.320 e. The van der Waals surface area contributed by atoms with Gasteiger partial charge in [-0.1, -0.05) is 26.3 Å². The third-order valence-electron chi connectivity index (χ3n) is 2.56. The van der Waals surface area contributed by atoms with Crippen LogP contribution < -0.4 is 5.32 Å². The monoisotopic (exact) mass is 227 g/mol. The van der Waals surface area contributed by atoms with Crippen molar-refractivity contribution in [3.05, 3.63) is 22.4 Å². The van der Waals surface area contributed by atoms with Gasteiger partial charge in [-0.15, -0.1) is 11.3 Å². The van der Waals surface area contributed by atoms with Crippen LogP contribution in [0, 0.1) is 5.92 Å². The number of rotatable bonds is 6. The van der Waals surface area contributed by atoms with Gasteiger partial charge in [-0.05, 0) is 17.4 Å². The van der Waals surface area contributed by atoms with Gasteiger partial charge in [0.25, 0.3) is 0 Å². The molecule has 0 bridgehead atoms. The van der Waals surface area contributed by atoms with Gasteiger partial charge >= 0.3 is 5.97 Å². The van der Waals surface area contributed by atoms with Crippen LogP contribution in [-0.2, 0) is 11.3 Å². The molecule has 1 aromatic heterocycles. The van der Waals surface area contributed by atoms with E-state index in [0.717, 1.165) is 6.42 Å². The molecular weight excluding hydrogens is 210 g/mol. The first kappa shape index (κ1) is 12.2. The van der Waals surface area contributed by atoms with Gasteiger partial charge in [0.05, 0.1) is 0 Å². The zero-order valence-electron chi connectivity index (χ0n) is 9.06. The molecule has 1 heterocycles. The molecule has 0 spiro atoms. The highest BCUT2D eigenvalue weighted by Gasteiger charge is 2.22. The molecule has 3 nitrogen and oxygen atoms in total. The van der Waals surface area contributed by atoms with Gasteiger partial charge in [0.15, 0.2) is 0 Å². The Kier molecular flexibility index (Phi) is 4.78. The minimum atomic E-state index is -0.763. The molecule has 15 heavy (non-hydrogen) atoms. The fourth-order valence-corrected chi connectivity index (χ4v) is 2.05. The summed E-state index contributed by atoms with van der Waals surface area (Å²) in [6, 6.07) is 3.53. The second-order valence-corrected chi connectivity index (χ2v) is 4.69. The summed E-state index contributed by atoms with van der Waals surface area (Å²) in [4.78, 5) is 12.2. The fraction of sp³-hybridized carbons (Fsp3) is 0.545. The standard InChI is InChI=1S/C11H17NO2S/c1-3-8(2)10(11(13)14)12-7-9-5-4-6-15-9/h4-6,8,10,12H,3,7H2,1-2H3,(H,13,14). The summed E-state index contributed by atoms with van der Waals surface area (Å²) in [5.74, 6) is -0.608. The van der Waals surface area contributed by atoms with E-state index in [1.54, 1.807) is 11.3 Å². The number of nitrogens with one attached hydrogen (secondary N) is 1. The number of hydrogen-bond acceptors (Lipinski definition) is 3. The van der Waals surface area contributed by atoms with Gasteiger partial charge in [-0.25, -0.2) is 0 Å². The van der Waals surface area contributed by atoms with Crippen LogP contribution in [0.3, 0.4) is 0 Å². The van der Waals surface area contributed by atoms with Gasteiger partial charge < -0.3 is 5.11 Å². The first-order valence-corrected chi connectivity index (χ1v) is 6.01. The topological polar surface area (TPSA) is 49.3 Å². The van der Waals surface area contributed by atoms with E-state index in [0.29, 0.717) is 6.54 Å². The molecule has 84 valence electrons. The molecule has 2 atom stereocenters. The van der Waals surface area contributed by atoms with Crippen molar-refractivity contribution >= 4 is 17.3 Å². The number of carboxylic acids is 1. The van der Waals surface area contributed by atoms with Crippen LogP contribution in [0.25, 0.3) is 0 Å². The predicted octanol–water partition coefficient (Wildman–Crippen LogP) is 2.34. The molecule has 1 aromatic rings. The van der Waals surface area contributed by atoms with Crippen molar-refractivity contribution in [3.63, 3.8) is 0 Å². The number of hydrogen-bond donors (Lipinski definition) is 2. The van der Waals surface area contributed by atoms with Crippen LogP contribution >= 0.6 is 11.3 Å². The Morgan fingerprint density at radius 2 is 2.40 bits per heavy atom. The third-order valence-corrected chi connectivity index (χ3v) is 3.43. The number of thiophene rings is 1. The van der Waals surface area contributed by atoms with Crippen molar-refractivity contribution in [1.82, 2.24) is 5.32 Å². The molecular formula is C11H17NO2S. The fourth-order valence-electron chi connectivity index (χ4n) is 1.39. The Balaban J connectivity index is 2.48. The summed E-state index contributed by atoms with van der Waals surface area (Å²) in [5, 5.41) is 14.1. The highest BCUT2D eigenvalue weighted by molar-refractivity contribution is 7.09. The van der Waals surface area contributed by atoms with E-state index in [2.05, 4.69) is 5.32 Å². The lowest BCUT2D eigenvalue weighted by molar-refractivity contribution is -0.140. The summed E-state index contributed by atoms with van der Waals surface area (Å²) in [7, 11) is 0. The molecule has 1 rings (SSSR count). The first-order valence-electron chi connectivity index (χ1n) is 5.13. The lowest BCUT2D eigenvalue weighted by atomic mass is 9.99. The second kappa shape index (κ2) is 5.88. The average molecular weight is 227 g/mol. The van der Waals surface area contributed by atoms with Crippen LogP contribution in [0.15, 0.2) is 17.5 Å². The Hall–Kier alpha value is -0.870. The normalized spacial score (nSPS) is 14.8. The van der Waals surface area contributed by atoms with Gasteiger partial charge in [0.1, 0.15) is 6.04 Å². The molecule has 0 saturated carbocycles. The van der Waals surface area contributed by atoms with Crippen LogP contribution in [0.1, 0.15) is 25.1 Å². The zero-order valence-corrected chi connectivity index (χ0v) is 9.88. The molecule has 0 fully saturated rings. The summed E-state index contributed by atoms with van der Waals surface area (Å²) in [6.45, 7) is 4.60. The minimum absolute atomic E-state index is 0.155. The quantitative estimate of drug-likeness (QED) is 0.784. The van der Waals surface area contributed by atoms with Gasteiger partial charge in [0, 0.05) is 11.4 Å². The van der Waals surface area contributed by atoms with Crippen LogP contribution in [0.5, 0.6) is 0 Å². The second-order valence-electron chi connectivity index (χ2n) is 3.66. The van der Waals surface area contributed by atoms with E-state index in [1.165, 1.54) is 4.88 Å². The summed E-state index contributed by atoms with van der Waals surface area (Å²) < 4.78 is 0. The van der Waals surface area contributed by atoms with Crippen LogP contribution in [0.4, 0.5) is 0 Å². The highest BCUT2D eigenvalue weighted by atomic mass is 32.1. The number of carboxylic acid groups (broad SMARTS) is 1. The molecule has 2 N–H and O–H groups in total. The predicted molar refractivity (Wildman–Crippen MR) is 62.0 cm³/mol. The van der Waals surface area contributed by atoms with Gasteiger partial charge in [-0.2, -0.15) is 0 Å². The summed E-state index contributed by atoms with van der Waals surface area (Å²) in [6.07, 6.45) is 0.869. The Bertz CT molecular complexity index is 298. The van der Waals surface area contributed by atoms with Crippen molar-refractivity contribution in [2.24, 2.45) is 5.92 Å². The van der Waals surface area contributed by atoms with Gasteiger partial charge in [0.2, 0.25) is 0 Å². The Morgan fingerprint density at radius 3 is 2.87 bits per heavy atom. The van der Waals surface area contributed by atoms with Crippen LogP contribution in [0.2, 0.25) is 0 Å². The van der Waals surface area contributed by atoms with E-state index in [4.69, 9.17) is 5.11 Å². The largest absolute Gasteiger partial charge is 0.480 e. The molecule has 0 aliphatic heterocycles. The highest BCUT2D eigenvalue weighted by Crippen LogP contribution is 2.11. The molecule has 0 aliphatic carbocycles. The molecule has 0 aliphatic rings. The molecule has 0 saturated heterocycles. The smallest absolute Gasteiger partial charge is 0.320 e. The van der Waals surface area contributed by atoms with Crippen molar-refractivity contribution in [2.75, 3.05) is 0 Å². The molecule has 2 unspecified atom stereocenters. The molecule has 0 amide bonds. The maximum absolute atomic E-state index is 11.0. The van der Waals surface area contributed by atoms with Crippen molar-refractivity contribution in [3.8, 4) is 0 Å². The van der Waals surface area contributed by atoms with Crippen molar-refractivity contribution in [1.29, 1.82) is 0 Å². The molecule has 4 heteroatoms. The van der Waals surface area contributed by atoms with E-state index >= 15 is 0 Å². The first-order chi connectivity index (χ1) is 7.15. The summed E-state index contributed by atoms with van der Waals surface area (Å²) >= 11 is 1.64. The number of carbonyl (C=O) groups is 1. The van der Waals surface area contributed by atoms with Crippen molar-refractivity contribution in [2.45, 2.75) is 32.9 Å². The SMILES string of the molecule is CCC(C)C(NCc1cccs1)C(=O)O. The lowest BCUT2D eigenvalue weighted by Crippen LogP contribution is -2.41. The summed E-state index contributed by atoms with van der Waals surface area (Å²) in [5.41, 5.74) is 0. The Labute approximate surface area is 94.1 Å². The average Bonchev–Trinajstić information content (AvgIpc) is 2.70. The van der Waals surface area contributed by atoms with Gasteiger partial charge in [-0.3, -0.25) is 10.1 Å². The molecule has 0 radical (unpaired) electrons. The van der Waals surface area contributed by atoms with E-state index in [-0.39, 0.29) is 5.92 Å². The van der Waals surface area contributed by atoms with Crippen LogP contribution in [-0.4, -0.2) is 17.1 Å². The third kappa shape index (κ3) is 3.64.